The van der Waals surface area contributed by atoms with Crippen LogP contribution in [0.5, 0.6) is 0 Å². The average Bonchev–Trinajstić information content (AvgIpc) is 2.27. The topological polar surface area (TPSA) is 27.7 Å². The standard InChI is InChI=1S/C12H25N3O/c1-11-9-15(10-12(2)16-11)8-7-14-5-3-13-4-6-14/h11-13H,3-10H2,1-2H3/t11-,12+. The van der Waals surface area contributed by atoms with E-state index in [1.54, 1.807) is 0 Å². The van der Waals surface area contributed by atoms with Gasteiger partial charge in [0.05, 0.1) is 12.2 Å². The fraction of sp³-hybridized carbons (Fsp3) is 1.00. The summed E-state index contributed by atoms with van der Waals surface area (Å²) in [5.74, 6) is 0. The number of ether oxygens (including phenoxy) is 1. The Morgan fingerprint density at radius 3 is 2.19 bits per heavy atom. The highest BCUT2D eigenvalue weighted by atomic mass is 16.5. The second-order valence-corrected chi connectivity index (χ2v) is 5.11. The van der Waals surface area contributed by atoms with Gasteiger partial charge in [-0.15, -0.1) is 0 Å². The SMILES string of the molecule is C[C@@H]1CN(CCN2CCNCC2)C[C@H](C)O1. The van der Waals surface area contributed by atoms with Gasteiger partial charge in [0.2, 0.25) is 0 Å². The van der Waals surface area contributed by atoms with Gasteiger partial charge in [0, 0.05) is 52.4 Å². The summed E-state index contributed by atoms with van der Waals surface area (Å²) in [6.45, 7) is 13.6. The van der Waals surface area contributed by atoms with Crippen LogP contribution < -0.4 is 5.32 Å². The Kier molecular flexibility index (Phi) is 4.58. The molecule has 2 heterocycles. The van der Waals surface area contributed by atoms with E-state index >= 15 is 0 Å². The van der Waals surface area contributed by atoms with Gasteiger partial charge in [0.25, 0.3) is 0 Å². The normalized spacial score (nSPS) is 34.1. The number of piperazine rings is 1. The first kappa shape index (κ1) is 12.3. The summed E-state index contributed by atoms with van der Waals surface area (Å²) in [6, 6.07) is 0. The highest BCUT2D eigenvalue weighted by Crippen LogP contribution is 2.10. The van der Waals surface area contributed by atoms with Crippen LogP contribution >= 0.6 is 0 Å². The molecule has 0 aromatic carbocycles. The van der Waals surface area contributed by atoms with Crippen LogP contribution in [-0.4, -0.2) is 74.4 Å². The molecule has 0 aromatic rings. The minimum absolute atomic E-state index is 0.395. The molecule has 2 aliphatic heterocycles. The van der Waals surface area contributed by atoms with E-state index in [1.807, 2.05) is 0 Å². The van der Waals surface area contributed by atoms with Crippen LogP contribution in [0.25, 0.3) is 0 Å². The summed E-state index contributed by atoms with van der Waals surface area (Å²) >= 11 is 0. The lowest BCUT2D eigenvalue weighted by Gasteiger charge is -2.37. The van der Waals surface area contributed by atoms with E-state index in [2.05, 4.69) is 29.0 Å². The van der Waals surface area contributed by atoms with Crippen LogP contribution in [0.4, 0.5) is 0 Å². The molecule has 0 aliphatic carbocycles. The van der Waals surface area contributed by atoms with Crippen LogP contribution in [0.2, 0.25) is 0 Å². The maximum atomic E-state index is 5.74. The summed E-state index contributed by atoms with van der Waals surface area (Å²) in [6.07, 6.45) is 0.790. The molecule has 0 bridgehead atoms. The second kappa shape index (κ2) is 5.96. The lowest BCUT2D eigenvalue weighted by molar-refractivity contribution is -0.0694. The highest BCUT2D eigenvalue weighted by molar-refractivity contribution is 4.75. The summed E-state index contributed by atoms with van der Waals surface area (Å²) in [5.41, 5.74) is 0. The first-order valence-electron chi connectivity index (χ1n) is 6.55. The molecule has 94 valence electrons. The predicted molar refractivity (Wildman–Crippen MR) is 65.8 cm³/mol. The third-order valence-corrected chi connectivity index (χ3v) is 3.44. The number of rotatable bonds is 3. The molecule has 0 unspecified atom stereocenters. The molecule has 16 heavy (non-hydrogen) atoms. The molecule has 0 saturated carbocycles. The number of nitrogens with zero attached hydrogens (tertiary/aromatic N) is 2. The molecule has 2 rings (SSSR count). The zero-order valence-corrected chi connectivity index (χ0v) is 10.6. The van der Waals surface area contributed by atoms with Crippen molar-refractivity contribution in [2.75, 3.05) is 52.4 Å². The molecule has 2 saturated heterocycles. The van der Waals surface area contributed by atoms with Crippen molar-refractivity contribution in [1.82, 2.24) is 15.1 Å². The van der Waals surface area contributed by atoms with Crippen molar-refractivity contribution in [3.8, 4) is 0 Å². The fourth-order valence-corrected chi connectivity index (χ4v) is 2.68. The van der Waals surface area contributed by atoms with Crippen LogP contribution in [0.3, 0.4) is 0 Å². The first-order chi connectivity index (χ1) is 7.74. The van der Waals surface area contributed by atoms with Crippen molar-refractivity contribution in [1.29, 1.82) is 0 Å². The molecule has 2 atom stereocenters. The number of nitrogens with one attached hydrogen (secondary N) is 1. The zero-order valence-electron chi connectivity index (χ0n) is 10.6. The number of hydrogen-bond donors (Lipinski definition) is 1. The van der Waals surface area contributed by atoms with Crippen LogP contribution in [0, 0.1) is 0 Å². The van der Waals surface area contributed by atoms with Gasteiger partial charge in [0.1, 0.15) is 0 Å². The monoisotopic (exact) mass is 227 g/mol. The lowest BCUT2D eigenvalue weighted by atomic mass is 10.2. The molecular weight excluding hydrogens is 202 g/mol. The fourth-order valence-electron chi connectivity index (χ4n) is 2.68. The maximum Gasteiger partial charge on any atom is 0.0678 e. The van der Waals surface area contributed by atoms with E-state index in [9.17, 15) is 0 Å². The molecule has 1 N–H and O–H groups in total. The Balaban J connectivity index is 1.68. The van der Waals surface area contributed by atoms with Gasteiger partial charge in [-0.25, -0.2) is 0 Å². The first-order valence-corrected chi connectivity index (χ1v) is 6.55. The summed E-state index contributed by atoms with van der Waals surface area (Å²) < 4.78 is 5.74. The van der Waals surface area contributed by atoms with Crippen molar-refractivity contribution in [2.45, 2.75) is 26.1 Å². The van der Waals surface area contributed by atoms with Gasteiger partial charge >= 0.3 is 0 Å². The van der Waals surface area contributed by atoms with Crippen molar-refractivity contribution in [3.05, 3.63) is 0 Å². The smallest absolute Gasteiger partial charge is 0.0678 e. The van der Waals surface area contributed by atoms with E-state index < -0.39 is 0 Å². The Morgan fingerprint density at radius 1 is 1.00 bits per heavy atom. The molecule has 0 radical (unpaired) electrons. The van der Waals surface area contributed by atoms with E-state index in [-0.39, 0.29) is 0 Å². The van der Waals surface area contributed by atoms with Crippen molar-refractivity contribution in [3.63, 3.8) is 0 Å². The number of hydrogen-bond acceptors (Lipinski definition) is 4. The van der Waals surface area contributed by atoms with Gasteiger partial charge in [-0.05, 0) is 13.8 Å². The Hall–Kier alpha value is -0.160. The van der Waals surface area contributed by atoms with E-state index in [0.717, 1.165) is 26.2 Å². The van der Waals surface area contributed by atoms with Gasteiger partial charge in [0.15, 0.2) is 0 Å². The summed E-state index contributed by atoms with van der Waals surface area (Å²) in [4.78, 5) is 5.10. The largest absolute Gasteiger partial charge is 0.373 e. The molecule has 4 nitrogen and oxygen atoms in total. The molecule has 0 spiro atoms. The molecule has 0 aromatic heterocycles. The maximum absolute atomic E-state index is 5.74. The second-order valence-electron chi connectivity index (χ2n) is 5.11. The minimum Gasteiger partial charge on any atom is -0.373 e. The van der Waals surface area contributed by atoms with Crippen LogP contribution in [0.15, 0.2) is 0 Å². The predicted octanol–water partition coefficient (Wildman–Crippen LogP) is 0.000800. The Morgan fingerprint density at radius 2 is 1.56 bits per heavy atom. The zero-order chi connectivity index (χ0) is 11.4. The van der Waals surface area contributed by atoms with Gasteiger partial charge < -0.3 is 10.1 Å². The Labute approximate surface area is 98.9 Å². The van der Waals surface area contributed by atoms with E-state index in [0.29, 0.717) is 12.2 Å². The number of morpholine rings is 1. The van der Waals surface area contributed by atoms with Crippen molar-refractivity contribution in [2.24, 2.45) is 0 Å². The van der Waals surface area contributed by atoms with Crippen LogP contribution in [0.1, 0.15) is 13.8 Å². The molecule has 4 heteroatoms. The Bertz CT molecular complexity index is 196. The van der Waals surface area contributed by atoms with Crippen LogP contribution in [-0.2, 0) is 4.74 Å². The molecule has 0 amide bonds. The summed E-state index contributed by atoms with van der Waals surface area (Å²) in [5, 5.41) is 3.39. The van der Waals surface area contributed by atoms with E-state index in [4.69, 9.17) is 4.74 Å². The van der Waals surface area contributed by atoms with Gasteiger partial charge in [-0.2, -0.15) is 0 Å². The van der Waals surface area contributed by atoms with E-state index in [1.165, 1.54) is 26.2 Å². The quantitative estimate of drug-likeness (QED) is 0.734. The molecular formula is C12H25N3O. The third-order valence-electron chi connectivity index (χ3n) is 3.44. The lowest BCUT2D eigenvalue weighted by Crippen LogP contribution is -2.50. The van der Waals surface area contributed by atoms with Crippen molar-refractivity contribution < 1.29 is 4.74 Å². The van der Waals surface area contributed by atoms with Gasteiger partial charge in [-0.1, -0.05) is 0 Å². The molecule has 2 fully saturated rings. The van der Waals surface area contributed by atoms with Crippen molar-refractivity contribution >= 4 is 0 Å². The third kappa shape index (κ3) is 3.70. The minimum atomic E-state index is 0.395. The average molecular weight is 227 g/mol. The highest BCUT2D eigenvalue weighted by Gasteiger charge is 2.22. The summed E-state index contributed by atoms with van der Waals surface area (Å²) in [7, 11) is 0. The van der Waals surface area contributed by atoms with Gasteiger partial charge in [-0.3, -0.25) is 9.80 Å². The molecule has 2 aliphatic rings.